The average molecular weight is 441 g/mol. The first-order valence-corrected chi connectivity index (χ1v) is 11.3. The van der Waals surface area contributed by atoms with E-state index in [-0.39, 0.29) is 29.5 Å². The zero-order chi connectivity index (χ0) is 22.9. The maximum atomic E-state index is 13.5. The van der Waals surface area contributed by atoms with Crippen molar-refractivity contribution < 1.29 is 14.6 Å². The number of rotatable bonds is 5. The Bertz CT molecular complexity index is 1210. The van der Waals surface area contributed by atoms with Crippen molar-refractivity contribution >= 4 is 11.6 Å². The summed E-state index contributed by atoms with van der Waals surface area (Å²) in [5.74, 6) is 1.01. The maximum Gasteiger partial charge on any atom is 0.256 e. The van der Waals surface area contributed by atoms with Gasteiger partial charge in [-0.3, -0.25) is 4.79 Å². The Hall–Kier alpha value is -3.73. The van der Waals surface area contributed by atoms with E-state index in [1.165, 1.54) is 0 Å². The van der Waals surface area contributed by atoms with E-state index in [9.17, 15) is 9.90 Å². The first-order chi connectivity index (χ1) is 16.1. The first-order valence-electron chi connectivity index (χ1n) is 11.3. The Morgan fingerprint density at radius 1 is 1.06 bits per heavy atom. The molecule has 33 heavy (non-hydrogen) atoms. The van der Waals surface area contributed by atoms with Crippen LogP contribution >= 0.6 is 0 Å². The molecule has 3 unspecified atom stereocenters. The third-order valence-corrected chi connectivity index (χ3v) is 6.82. The number of nitrogens with zero attached hydrogens (tertiary/aromatic N) is 1. The molecule has 3 aromatic rings. The van der Waals surface area contributed by atoms with Gasteiger partial charge in [-0.1, -0.05) is 66.7 Å². The second-order valence-electron chi connectivity index (χ2n) is 8.79. The Kier molecular flexibility index (Phi) is 5.55. The summed E-state index contributed by atoms with van der Waals surface area (Å²) in [6.45, 7) is 0.537. The van der Waals surface area contributed by atoms with Gasteiger partial charge in [0.25, 0.3) is 5.91 Å². The standard InChI is InChI=1S/C28H28N2O3/c1-30(17-18-9-4-3-5-10-18)28(32)23-15-7-13-21-19-11-6-12-20(19)25(29-26(21)23)22-14-8-16-24(33-2)27(22)31/h3-11,13-16,19-20,25,29,31H,12,17H2,1-2H3. The predicted molar refractivity (Wildman–Crippen MR) is 130 cm³/mol. The number of phenols is 1. The minimum absolute atomic E-state index is 0.0303. The number of hydrogen-bond donors (Lipinski definition) is 2. The lowest BCUT2D eigenvalue weighted by molar-refractivity contribution is 0.0785. The van der Waals surface area contributed by atoms with Crippen LogP contribution in [0.5, 0.6) is 11.5 Å². The van der Waals surface area contributed by atoms with Crippen LogP contribution in [0.4, 0.5) is 5.69 Å². The molecule has 2 N–H and O–H groups in total. The molecule has 1 aliphatic carbocycles. The molecule has 0 bridgehead atoms. The van der Waals surface area contributed by atoms with Crippen molar-refractivity contribution in [3.8, 4) is 11.5 Å². The lowest BCUT2D eigenvalue weighted by atomic mass is 9.76. The number of methoxy groups -OCH3 is 1. The number of para-hydroxylation sites is 2. The summed E-state index contributed by atoms with van der Waals surface area (Å²) in [6, 6.07) is 21.4. The zero-order valence-electron chi connectivity index (χ0n) is 18.9. The number of fused-ring (bicyclic) bond motifs is 3. The third-order valence-electron chi connectivity index (χ3n) is 6.82. The summed E-state index contributed by atoms with van der Waals surface area (Å²) in [5.41, 5.74) is 4.51. The highest BCUT2D eigenvalue weighted by atomic mass is 16.5. The maximum absolute atomic E-state index is 13.5. The summed E-state index contributed by atoms with van der Waals surface area (Å²) >= 11 is 0. The number of anilines is 1. The molecule has 0 radical (unpaired) electrons. The summed E-state index contributed by atoms with van der Waals surface area (Å²) in [7, 11) is 3.39. The van der Waals surface area contributed by atoms with Crippen molar-refractivity contribution in [2.45, 2.75) is 24.9 Å². The Balaban J connectivity index is 1.52. The fraction of sp³-hybridized carbons (Fsp3) is 0.250. The van der Waals surface area contributed by atoms with Crippen molar-refractivity contribution in [2.75, 3.05) is 19.5 Å². The Morgan fingerprint density at radius 3 is 2.61 bits per heavy atom. The van der Waals surface area contributed by atoms with E-state index in [0.29, 0.717) is 17.9 Å². The summed E-state index contributed by atoms with van der Waals surface area (Å²) in [5, 5.41) is 14.5. The van der Waals surface area contributed by atoms with E-state index >= 15 is 0 Å². The molecular formula is C28H28N2O3. The highest BCUT2D eigenvalue weighted by Crippen LogP contribution is 2.52. The number of allylic oxidation sites excluding steroid dienone is 2. The lowest BCUT2D eigenvalue weighted by Crippen LogP contribution is -2.32. The van der Waals surface area contributed by atoms with Crippen LogP contribution < -0.4 is 10.1 Å². The molecule has 0 saturated carbocycles. The molecule has 0 spiro atoms. The number of hydrogen-bond acceptors (Lipinski definition) is 4. The van der Waals surface area contributed by atoms with E-state index < -0.39 is 0 Å². The number of ether oxygens (including phenoxy) is 1. The van der Waals surface area contributed by atoms with Crippen molar-refractivity contribution in [3.05, 3.63) is 101 Å². The molecule has 3 aromatic carbocycles. The molecule has 168 valence electrons. The summed E-state index contributed by atoms with van der Waals surface area (Å²) in [4.78, 5) is 15.3. The van der Waals surface area contributed by atoms with Gasteiger partial charge in [0.1, 0.15) is 0 Å². The minimum Gasteiger partial charge on any atom is -0.504 e. The average Bonchev–Trinajstić information content (AvgIpc) is 3.34. The molecule has 3 atom stereocenters. The monoisotopic (exact) mass is 440 g/mol. The van der Waals surface area contributed by atoms with E-state index in [4.69, 9.17) is 4.74 Å². The van der Waals surface area contributed by atoms with Gasteiger partial charge in [0.2, 0.25) is 0 Å². The molecule has 0 saturated heterocycles. The Labute approximate surface area is 194 Å². The third kappa shape index (κ3) is 3.74. The molecule has 0 aromatic heterocycles. The second-order valence-corrected chi connectivity index (χ2v) is 8.79. The number of phenolic OH excluding ortho intramolecular Hbond substituents is 1. The van der Waals surface area contributed by atoms with Crippen LogP contribution in [0.15, 0.2) is 78.9 Å². The number of nitrogens with one attached hydrogen (secondary N) is 1. The largest absolute Gasteiger partial charge is 0.504 e. The zero-order valence-corrected chi connectivity index (χ0v) is 18.9. The molecule has 0 fully saturated rings. The molecule has 1 heterocycles. The first kappa shape index (κ1) is 21.1. The van der Waals surface area contributed by atoms with E-state index in [1.54, 1.807) is 18.1 Å². The molecule has 2 aliphatic rings. The van der Waals surface area contributed by atoms with Crippen molar-refractivity contribution in [1.29, 1.82) is 0 Å². The molecule has 5 nitrogen and oxygen atoms in total. The van der Waals surface area contributed by atoms with E-state index in [0.717, 1.165) is 28.8 Å². The van der Waals surface area contributed by atoms with Crippen LogP contribution in [0.3, 0.4) is 0 Å². The van der Waals surface area contributed by atoms with Gasteiger partial charge in [-0.15, -0.1) is 0 Å². The van der Waals surface area contributed by atoms with Crippen molar-refractivity contribution in [1.82, 2.24) is 4.90 Å². The topological polar surface area (TPSA) is 61.8 Å². The van der Waals surface area contributed by atoms with Gasteiger partial charge in [0, 0.05) is 25.1 Å². The van der Waals surface area contributed by atoms with Gasteiger partial charge < -0.3 is 20.1 Å². The van der Waals surface area contributed by atoms with E-state index in [1.807, 2.05) is 61.6 Å². The number of carbonyl (C=O) groups is 1. The minimum atomic E-state index is -0.138. The number of aromatic hydroxyl groups is 1. The van der Waals surface area contributed by atoms with Gasteiger partial charge in [-0.25, -0.2) is 0 Å². The van der Waals surface area contributed by atoms with Crippen LogP contribution in [-0.4, -0.2) is 30.1 Å². The van der Waals surface area contributed by atoms with Crippen LogP contribution in [0, 0.1) is 5.92 Å². The fourth-order valence-electron chi connectivity index (χ4n) is 5.20. The van der Waals surface area contributed by atoms with Crippen LogP contribution in [-0.2, 0) is 6.54 Å². The number of amides is 1. The van der Waals surface area contributed by atoms with Gasteiger partial charge >= 0.3 is 0 Å². The normalized spacial score (nSPS) is 20.5. The molecule has 1 amide bonds. The second kappa shape index (κ2) is 8.66. The molecular weight excluding hydrogens is 412 g/mol. The van der Waals surface area contributed by atoms with Gasteiger partial charge in [-0.05, 0) is 35.6 Å². The predicted octanol–water partition coefficient (Wildman–Crippen LogP) is 5.50. The fourth-order valence-corrected chi connectivity index (χ4v) is 5.20. The van der Waals surface area contributed by atoms with E-state index in [2.05, 4.69) is 23.5 Å². The van der Waals surface area contributed by atoms with Crippen molar-refractivity contribution in [3.63, 3.8) is 0 Å². The molecule has 5 heteroatoms. The number of carbonyl (C=O) groups excluding carboxylic acids is 1. The Morgan fingerprint density at radius 2 is 1.82 bits per heavy atom. The van der Waals surface area contributed by atoms with Gasteiger partial charge in [0.05, 0.1) is 24.4 Å². The van der Waals surface area contributed by atoms with Gasteiger partial charge in [0.15, 0.2) is 11.5 Å². The summed E-state index contributed by atoms with van der Waals surface area (Å²) < 4.78 is 5.35. The number of benzene rings is 3. The highest BCUT2D eigenvalue weighted by Gasteiger charge is 2.40. The molecule has 5 rings (SSSR count). The SMILES string of the molecule is COc1cccc(C2Nc3c(C(=O)N(C)Cc4ccccc4)cccc3C3C=CCC32)c1O. The smallest absolute Gasteiger partial charge is 0.256 e. The van der Waals surface area contributed by atoms with Crippen molar-refractivity contribution in [2.24, 2.45) is 5.92 Å². The lowest BCUT2D eigenvalue weighted by Gasteiger charge is -2.39. The van der Waals surface area contributed by atoms with Crippen LogP contribution in [0.25, 0.3) is 0 Å². The summed E-state index contributed by atoms with van der Waals surface area (Å²) in [6.07, 6.45) is 5.34. The van der Waals surface area contributed by atoms with Gasteiger partial charge in [-0.2, -0.15) is 0 Å². The molecule has 1 aliphatic heterocycles. The highest BCUT2D eigenvalue weighted by molar-refractivity contribution is 6.00. The quantitative estimate of drug-likeness (QED) is 0.515. The van der Waals surface area contributed by atoms with Crippen LogP contribution in [0.2, 0.25) is 0 Å². The van der Waals surface area contributed by atoms with Crippen LogP contribution in [0.1, 0.15) is 45.4 Å².